The monoisotopic (exact) mass is 440 g/mol. The minimum atomic E-state index is -0.0493. The third kappa shape index (κ3) is 6.01. The van der Waals surface area contributed by atoms with Crippen molar-refractivity contribution in [3.8, 4) is 11.5 Å². The first-order valence-electron chi connectivity index (χ1n) is 10.2. The zero-order chi connectivity index (χ0) is 22.2. The number of nitrogens with zero attached hydrogens (tertiary/aromatic N) is 3. The van der Waals surface area contributed by atoms with E-state index in [0.29, 0.717) is 29.0 Å². The Bertz CT molecular complexity index is 1010. The van der Waals surface area contributed by atoms with Gasteiger partial charge in [-0.25, -0.2) is 0 Å². The van der Waals surface area contributed by atoms with Gasteiger partial charge in [-0.1, -0.05) is 48.2 Å². The summed E-state index contributed by atoms with van der Waals surface area (Å²) in [5.41, 5.74) is 2.17. The van der Waals surface area contributed by atoms with Crippen molar-refractivity contribution in [1.82, 2.24) is 20.1 Å². The number of thioether (sulfide) groups is 1. The number of aromatic nitrogens is 3. The third-order valence-corrected chi connectivity index (χ3v) is 5.76. The SMILES string of the molecule is CCn1c(COc2ccc(C)cc2OC)nnc1SCC(=O)NC(C)c1ccccc1. The van der Waals surface area contributed by atoms with Crippen molar-refractivity contribution < 1.29 is 14.3 Å². The van der Waals surface area contributed by atoms with Gasteiger partial charge in [0.25, 0.3) is 0 Å². The van der Waals surface area contributed by atoms with Crippen LogP contribution in [0.3, 0.4) is 0 Å². The average molecular weight is 441 g/mol. The van der Waals surface area contributed by atoms with E-state index >= 15 is 0 Å². The highest BCUT2D eigenvalue weighted by Crippen LogP contribution is 2.28. The number of methoxy groups -OCH3 is 1. The fourth-order valence-electron chi connectivity index (χ4n) is 3.12. The Morgan fingerprint density at radius 2 is 1.94 bits per heavy atom. The van der Waals surface area contributed by atoms with Crippen LogP contribution in [0, 0.1) is 6.92 Å². The summed E-state index contributed by atoms with van der Waals surface area (Å²) in [5, 5.41) is 12.2. The fourth-order valence-corrected chi connectivity index (χ4v) is 3.96. The van der Waals surface area contributed by atoms with Gasteiger partial charge in [0.1, 0.15) is 6.61 Å². The molecule has 0 radical (unpaired) electrons. The molecule has 7 nitrogen and oxygen atoms in total. The lowest BCUT2D eigenvalue weighted by Gasteiger charge is -2.14. The topological polar surface area (TPSA) is 78.3 Å². The van der Waals surface area contributed by atoms with Gasteiger partial charge in [0, 0.05) is 6.54 Å². The van der Waals surface area contributed by atoms with E-state index < -0.39 is 0 Å². The van der Waals surface area contributed by atoms with Crippen LogP contribution in [0.4, 0.5) is 0 Å². The minimum absolute atomic E-state index is 0.0470. The second-order valence-electron chi connectivity index (χ2n) is 7.07. The maximum absolute atomic E-state index is 12.4. The van der Waals surface area contributed by atoms with Gasteiger partial charge in [0.05, 0.1) is 18.9 Å². The van der Waals surface area contributed by atoms with Gasteiger partial charge in [-0.3, -0.25) is 4.79 Å². The second kappa shape index (κ2) is 10.9. The Morgan fingerprint density at radius 1 is 1.16 bits per heavy atom. The second-order valence-corrected chi connectivity index (χ2v) is 8.02. The number of nitrogens with one attached hydrogen (secondary N) is 1. The molecule has 31 heavy (non-hydrogen) atoms. The Balaban J connectivity index is 1.58. The van der Waals surface area contributed by atoms with Crippen LogP contribution in [0.5, 0.6) is 11.5 Å². The average Bonchev–Trinajstić information content (AvgIpc) is 3.19. The van der Waals surface area contributed by atoms with Gasteiger partial charge in [0.15, 0.2) is 22.5 Å². The van der Waals surface area contributed by atoms with Crippen molar-refractivity contribution in [2.24, 2.45) is 0 Å². The Kier molecular flexibility index (Phi) is 7.94. The molecule has 0 saturated heterocycles. The first-order valence-corrected chi connectivity index (χ1v) is 11.2. The molecule has 0 aliphatic carbocycles. The molecule has 2 aromatic carbocycles. The number of ether oxygens (including phenoxy) is 2. The number of amides is 1. The van der Waals surface area contributed by atoms with E-state index in [4.69, 9.17) is 9.47 Å². The molecule has 1 amide bonds. The van der Waals surface area contributed by atoms with Gasteiger partial charge in [-0.15, -0.1) is 10.2 Å². The lowest BCUT2D eigenvalue weighted by atomic mass is 10.1. The summed E-state index contributed by atoms with van der Waals surface area (Å²) in [5.74, 6) is 2.26. The zero-order valence-electron chi connectivity index (χ0n) is 18.3. The molecule has 0 saturated carbocycles. The van der Waals surface area contributed by atoms with Crippen LogP contribution in [0.2, 0.25) is 0 Å². The minimum Gasteiger partial charge on any atom is -0.493 e. The summed E-state index contributed by atoms with van der Waals surface area (Å²) < 4.78 is 13.3. The van der Waals surface area contributed by atoms with E-state index in [0.717, 1.165) is 11.1 Å². The van der Waals surface area contributed by atoms with Crippen molar-refractivity contribution in [3.05, 3.63) is 65.5 Å². The van der Waals surface area contributed by atoms with Crippen LogP contribution in [0.1, 0.15) is 36.8 Å². The van der Waals surface area contributed by atoms with E-state index in [1.807, 2.05) is 73.9 Å². The predicted octanol–water partition coefficient (Wildman–Crippen LogP) is 4.16. The summed E-state index contributed by atoms with van der Waals surface area (Å²) in [6, 6.07) is 15.6. The van der Waals surface area contributed by atoms with Crippen molar-refractivity contribution in [1.29, 1.82) is 0 Å². The summed E-state index contributed by atoms with van der Waals surface area (Å²) in [6.45, 7) is 6.93. The molecule has 0 aliphatic rings. The molecule has 1 unspecified atom stereocenters. The first kappa shape index (κ1) is 22.7. The highest BCUT2D eigenvalue weighted by molar-refractivity contribution is 7.99. The molecular formula is C23H28N4O3S. The van der Waals surface area contributed by atoms with Crippen LogP contribution < -0.4 is 14.8 Å². The summed E-state index contributed by atoms with van der Waals surface area (Å²) in [6.07, 6.45) is 0. The van der Waals surface area contributed by atoms with Crippen molar-refractivity contribution in [2.45, 2.75) is 45.1 Å². The molecule has 1 heterocycles. The number of hydrogen-bond donors (Lipinski definition) is 1. The molecule has 0 bridgehead atoms. The smallest absolute Gasteiger partial charge is 0.230 e. The first-order chi connectivity index (χ1) is 15.0. The van der Waals surface area contributed by atoms with Crippen molar-refractivity contribution in [2.75, 3.05) is 12.9 Å². The summed E-state index contributed by atoms with van der Waals surface area (Å²) >= 11 is 1.37. The Labute approximate surface area is 187 Å². The predicted molar refractivity (Wildman–Crippen MR) is 121 cm³/mol. The molecule has 164 valence electrons. The lowest BCUT2D eigenvalue weighted by molar-refractivity contribution is -0.119. The van der Waals surface area contributed by atoms with Gasteiger partial charge >= 0.3 is 0 Å². The number of benzene rings is 2. The summed E-state index contributed by atoms with van der Waals surface area (Å²) in [7, 11) is 1.62. The van der Waals surface area contributed by atoms with Crippen molar-refractivity contribution in [3.63, 3.8) is 0 Å². The Hall–Kier alpha value is -3.00. The zero-order valence-corrected chi connectivity index (χ0v) is 19.1. The van der Waals surface area contributed by atoms with E-state index in [1.165, 1.54) is 11.8 Å². The van der Waals surface area contributed by atoms with Crippen molar-refractivity contribution >= 4 is 17.7 Å². The molecule has 0 spiro atoms. The van der Waals surface area contributed by atoms with E-state index in [1.54, 1.807) is 7.11 Å². The van der Waals surface area contributed by atoms with Crippen LogP contribution in [0.25, 0.3) is 0 Å². The number of hydrogen-bond acceptors (Lipinski definition) is 6. The fraction of sp³-hybridized carbons (Fsp3) is 0.348. The molecule has 0 fully saturated rings. The van der Waals surface area contributed by atoms with Gasteiger partial charge < -0.3 is 19.4 Å². The molecule has 3 aromatic rings. The van der Waals surface area contributed by atoms with Crippen LogP contribution in [0.15, 0.2) is 53.7 Å². The maximum atomic E-state index is 12.4. The highest BCUT2D eigenvalue weighted by Gasteiger charge is 2.16. The molecule has 8 heteroatoms. The lowest BCUT2D eigenvalue weighted by Crippen LogP contribution is -2.28. The molecule has 1 N–H and O–H groups in total. The van der Waals surface area contributed by atoms with Gasteiger partial charge in [-0.2, -0.15) is 0 Å². The largest absolute Gasteiger partial charge is 0.493 e. The molecule has 1 aromatic heterocycles. The molecular weight excluding hydrogens is 412 g/mol. The summed E-state index contributed by atoms with van der Waals surface area (Å²) in [4.78, 5) is 12.4. The van der Waals surface area contributed by atoms with Crippen LogP contribution >= 0.6 is 11.8 Å². The van der Waals surface area contributed by atoms with E-state index in [-0.39, 0.29) is 24.3 Å². The standard InChI is InChI=1S/C23H28N4O3S/c1-5-27-21(14-30-19-12-11-16(2)13-20(19)29-4)25-26-23(27)31-15-22(28)24-17(3)18-9-7-6-8-10-18/h6-13,17H,5,14-15H2,1-4H3,(H,24,28). The van der Waals surface area contributed by atoms with Crippen LogP contribution in [-0.4, -0.2) is 33.5 Å². The number of rotatable bonds is 10. The number of carbonyl (C=O) groups is 1. The van der Waals surface area contributed by atoms with E-state index in [9.17, 15) is 4.79 Å². The maximum Gasteiger partial charge on any atom is 0.230 e. The normalized spacial score (nSPS) is 11.7. The van der Waals surface area contributed by atoms with Gasteiger partial charge in [-0.05, 0) is 44.0 Å². The molecule has 0 aliphatic heterocycles. The quantitative estimate of drug-likeness (QED) is 0.477. The number of carbonyl (C=O) groups excluding carboxylic acids is 1. The highest BCUT2D eigenvalue weighted by atomic mass is 32.2. The molecule has 1 atom stereocenters. The van der Waals surface area contributed by atoms with Gasteiger partial charge in [0.2, 0.25) is 5.91 Å². The Morgan fingerprint density at radius 3 is 2.65 bits per heavy atom. The molecule has 3 rings (SSSR count). The van der Waals surface area contributed by atoms with Crippen LogP contribution in [-0.2, 0) is 17.9 Å². The number of aryl methyl sites for hydroxylation is 1. The van der Waals surface area contributed by atoms with E-state index in [2.05, 4.69) is 15.5 Å². The third-order valence-electron chi connectivity index (χ3n) is 4.80.